The monoisotopic (exact) mass is 237 g/mol. The van der Waals surface area contributed by atoms with E-state index in [9.17, 15) is 4.79 Å². The molecule has 0 bridgehead atoms. The van der Waals surface area contributed by atoms with Crippen molar-refractivity contribution in [3.63, 3.8) is 0 Å². The third kappa shape index (κ3) is 2.92. The number of aryl methyl sites for hydroxylation is 1. The lowest BCUT2D eigenvalue weighted by atomic mass is 10.1. The van der Waals surface area contributed by atoms with Crippen LogP contribution in [0.5, 0.6) is 0 Å². The average Bonchev–Trinajstić information content (AvgIpc) is 2.37. The van der Waals surface area contributed by atoms with Gasteiger partial charge < -0.3 is 10.1 Å². The highest BCUT2D eigenvalue weighted by atomic mass is 16.5. The largest absolute Gasteiger partial charge is 0.382 e. The van der Waals surface area contributed by atoms with Crippen LogP contribution in [0.2, 0.25) is 0 Å². The van der Waals surface area contributed by atoms with Gasteiger partial charge >= 0.3 is 0 Å². The Kier molecular flexibility index (Phi) is 4.28. The van der Waals surface area contributed by atoms with Gasteiger partial charge in [-0.25, -0.2) is 4.98 Å². The van der Waals surface area contributed by atoms with Crippen molar-refractivity contribution in [1.29, 1.82) is 0 Å². The van der Waals surface area contributed by atoms with Gasteiger partial charge in [0, 0.05) is 31.9 Å². The lowest BCUT2D eigenvalue weighted by Crippen LogP contribution is -2.34. The molecule has 1 aliphatic heterocycles. The summed E-state index contributed by atoms with van der Waals surface area (Å²) >= 11 is 0. The molecule has 0 saturated carbocycles. The highest BCUT2D eigenvalue weighted by molar-refractivity contribution is 5.19. The number of rotatable bonds is 5. The van der Waals surface area contributed by atoms with Crippen LogP contribution in [0.15, 0.2) is 11.1 Å². The Morgan fingerprint density at radius 3 is 3.29 bits per heavy atom. The molecule has 94 valence electrons. The number of fused-ring (bicyclic) bond motifs is 1. The Morgan fingerprint density at radius 1 is 1.59 bits per heavy atom. The van der Waals surface area contributed by atoms with Crippen LogP contribution in [-0.2, 0) is 24.2 Å². The molecule has 1 N–H and O–H groups in total. The summed E-state index contributed by atoms with van der Waals surface area (Å²) in [5.41, 5.74) is 1.90. The predicted octanol–water partition coefficient (Wildman–Crippen LogP) is 0.316. The number of aromatic nitrogens is 2. The van der Waals surface area contributed by atoms with Crippen molar-refractivity contribution in [2.24, 2.45) is 0 Å². The highest BCUT2D eigenvalue weighted by Crippen LogP contribution is 2.05. The molecule has 2 rings (SSSR count). The Morgan fingerprint density at radius 2 is 2.47 bits per heavy atom. The molecule has 1 aromatic rings. The van der Waals surface area contributed by atoms with Crippen molar-refractivity contribution < 1.29 is 4.74 Å². The maximum atomic E-state index is 12.1. The lowest BCUT2D eigenvalue weighted by molar-refractivity contribution is 0.141. The molecule has 0 spiro atoms. The zero-order valence-electron chi connectivity index (χ0n) is 10.2. The molecule has 0 unspecified atom stereocenters. The molecule has 0 saturated heterocycles. The van der Waals surface area contributed by atoms with Crippen molar-refractivity contribution in [2.45, 2.75) is 32.9 Å². The topological polar surface area (TPSA) is 56.2 Å². The molecule has 2 heterocycles. The summed E-state index contributed by atoms with van der Waals surface area (Å²) in [6, 6.07) is 0. The molecular weight excluding hydrogens is 218 g/mol. The first-order chi connectivity index (χ1) is 8.33. The van der Waals surface area contributed by atoms with Crippen molar-refractivity contribution in [2.75, 3.05) is 19.8 Å². The zero-order chi connectivity index (χ0) is 12.1. The van der Waals surface area contributed by atoms with Crippen LogP contribution in [0, 0.1) is 0 Å². The fourth-order valence-electron chi connectivity index (χ4n) is 2.03. The first-order valence-electron chi connectivity index (χ1n) is 6.18. The molecule has 5 heteroatoms. The first kappa shape index (κ1) is 12.3. The average molecular weight is 237 g/mol. The number of nitrogens with one attached hydrogen (secondary N) is 1. The minimum absolute atomic E-state index is 0.119. The van der Waals surface area contributed by atoms with Gasteiger partial charge in [-0.05, 0) is 26.3 Å². The van der Waals surface area contributed by atoms with E-state index < -0.39 is 0 Å². The molecule has 0 atom stereocenters. The molecule has 17 heavy (non-hydrogen) atoms. The summed E-state index contributed by atoms with van der Waals surface area (Å²) in [6.45, 7) is 5.66. The normalized spacial score (nSPS) is 14.6. The molecule has 0 radical (unpaired) electrons. The standard InChI is InChI=1S/C12H19N3O2/c1-2-17-7-3-6-15-9-14-11-8-13-5-4-10(11)12(15)16/h9,13H,2-8H2,1H3. The minimum Gasteiger partial charge on any atom is -0.382 e. The second-order valence-corrected chi connectivity index (χ2v) is 4.15. The maximum absolute atomic E-state index is 12.1. The van der Waals surface area contributed by atoms with Gasteiger partial charge in [0.25, 0.3) is 5.56 Å². The summed E-state index contributed by atoms with van der Waals surface area (Å²) < 4.78 is 6.96. The van der Waals surface area contributed by atoms with Crippen LogP contribution >= 0.6 is 0 Å². The molecule has 1 aliphatic rings. The second kappa shape index (κ2) is 5.93. The molecule has 1 aromatic heterocycles. The Balaban J connectivity index is 2.05. The van der Waals surface area contributed by atoms with Crippen LogP contribution < -0.4 is 10.9 Å². The van der Waals surface area contributed by atoms with Gasteiger partial charge in [0.05, 0.1) is 12.0 Å². The van der Waals surface area contributed by atoms with Gasteiger partial charge in [-0.1, -0.05) is 0 Å². The minimum atomic E-state index is 0.119. The number of hydrogen-bond donors (Lipinski definition) is 1. The van der Waals surface area contributed by atoms with Gasteiger partial charge in [-0.15, -0.1) is 0 Å². The fraction of sp³-hybridized carbons (Fsp3) is 0.667. The maximum Gasteiger partial charge on any atom is 0.256 e. The third-order valence-corrected chi connectivity index (χ3v) is 2.96. The smallest absolute Gasteiger partial charge is 0.256 e. The number of ether oxygens (including phenoxy) is 1. The van der Waals surface area contributed by atoms with E-state index in [2.05, 4.69) is 10.3 Å². The quantitative estimate of drug-likeness (QED) is 0.749. The van der Waals surface area contributed by atoms with E-state index in [0.717, 1.165) is 37.3 Å². The molecule has 0 aromatic carbocycles. The first-order valence-corrected chi connectivity index (χ1v) is 6.18. The SMILES string of the molecule is CCOCCCn1cnc2c(c1=O)CCNC2. The van der Waals surface area contributed by atoms with Crippen LogP contribution in [0.25, 0.3) is 0 Å². The summed E-state index contributed by atoms with van der Waals surface area (Å²) in [7, 11) is 0. The lowest BCUT2D eigenvalue weighted by Gasteiger charge is -2.16. The van der Waals surface area contributed by atoms with E-state index in [-0.39, 0.29) is 5.56 Å². The van der Waals surface area contributed by atoms with E-state index in [0.29, 0.717) is 19.7 Å². The van der Waals surface area contributed by atoms with Crippen LogP contribution in [0.1, 0.15) is 24.6 Å². The zero-order valence-corrected chi connectivity index (χ0v) is 10.2. The third-order valence-electron chi connectivity index (χ3n) is 2.96. The van der Waals surface area contributed by atoms with E-state index in [1.165, 1.54) is 0 Å². The van der Waals surface area contributed by atoms with E-state index >= 15 is 0 Å². The Bertz CT molecular complexity index is 428. The van der Waals surface area contributed by atoms with Crippen molar-refractivity contribution >= 4 is 0 Å². The van der Waals surface area contributed by atoms with Crippen molar-refractivity contribution in [1.82, 2.24) is 14.9 Å². The van der Waals surface area contributed by atoms with E-state index in [4.69, 9.17) is 4.74 Å². The summed E-state index contributed by atoms with van der Waals surface area (Å²) in [4.78, 5) is 16.5. The van der Waals surface area contributed by atoms with Gasteiger partial charge in [0.1, 0.15) is 0 Å². The van der Waals surface area contributed by atoms with Gasteiger partial charge in [-0.2, -0.15) is 0 Å². The van der Waals surface area contributed by atoms with Crippen molar-refractivity contribution in [3.05, 3.63) is 27.9 Å². The van der Waals surface area contributed by atoms with Crippen LogP contribution in [0.4, 0.5) is 0 Å². The van der Waals surface area contributed by atoms with Gasteiger partial charge in [0.15, 0.2) is 0 Å². The Hall–Kier alpha value is -1.20. The van der Waals surface area contributed by atoms with Crippen LogP contribution in [0.3, 0.4) is 0 Å². The Labute approximate surface area is 101 Å². The predicted molar refractivity (Wildman–Crippen MR) is 65.0 cm³/mol. The fourth-order valence-corrected chi connectivity index (χ4v) is 2.03. The molecule has 5 nitrogen and oxygen atoms in total. The summed E-state index contributed by atoms with van der Waals surface area (Å²) in [5.74, 6) is 0. The molecular formula is C12H19N3O2. The van der Waals surface area contributed by atoms with Crippen LogP contribution in [-0.4, -0.2) is 29.3 Å². The molecule has 0 fully saturated rings. The molecule has 0 aliphatic carbocycles. The number of hydrogen-bond acceptors (Lipinski definition) is 4. The summed E-state index contributed by atoms with van der Waals surface area (Å²) in [6.07, 6.45) is 3.29. The second-order valence-electron chi connectivity index (χ2n) is 4.15. The van der Waals surface area contributed by atoms with E-state index in [1.54, 1.807) is 10.9 Å². The van der Waals surface area contributed by atoms with Crippen molar-refractivity contribution in [3.8, 4) is 0 Å². The molecule has 0 amide bonds. The summed E-state index contributed by atoms with van der Waals surface area (Å²) in [5, 5.41) is 3.22. The van der Waals surface area contributed by atoms with Gasteiger partial charge in [-0.3, -0.25) is 9.36 Å². The van der Waals surface area contributed by atoms with E-state index in [1.807, 2.05) is 6.92 Å². The highest BCUT2D eigenvalue weighted by Gasteiger charge is 2.14. The van der Waals surface area contributed by atoms with Gasteiger partial charge in [0.2, 0.25) is 0 Å². The number of nitrogens with zero attached hydrogens (tertiary/aromatic N) is 2.